The zero-order valence-corrected chi connectivity index (χ0v) is 19.5. The van der Waals surface area contributed by atoms with Crippen molar-refractivity contribution in [2.45, 2.75) is 31.1 Å². The zero-order chi connectivity index (χ0) is 24.6. The molecule has 3 aliphatic rings. The first-order valence-electron chi connectivity index (χ1n) is 10.6. The van der Waals surface area contributed by atoms with Crippen molar-refractivity contribution in [1.29, 1.82) is 0 Å². The van der Waals surface area contributed by atoms with Gasteiger partial charge in [0.25, 0.3) is 12.9 Å². The molecule has 0 unspecified atom stereocenters. The molecule has 3 aliphatic heterocycles. The number of fused-ring (bicyclic) bond motifs is 1. The van der Waals surface area contributed by atoms with Crippen molar-refractivity contribution in [3.05, 3.63) is 34.6 Å². The van der Waals surface area contributed by atoms with Gasteiger partial charge in [0.2, 0.25) is 5.91 Å². The maximum Gasteiger partial charge on any atom is 0.290 e. The largest absolute Gasteiger partial charge is 0.483 e. The Hall–Kier alpha value is -2.27. The topological polar surface area (TPSA) is 119 Å². The first-order valence-corrected chi connectivity index (χ1v) is 11.0. The van der Waals surface area contributed by atoms with E-state index in [-0.39, 0.29) is 36.4 Å². The number of carbonyl (C=O) groups excluding carboxylic acids is 1. The van der Waals surface area contributed by atoms with Crippen molar-refractivity contribution in [2.75, 3.05) is 40.3 Å². The van der Waals surface area contributed by atoms with Crippen LogP contribution in [0.5, 0.6) is 0 Å². The Balaban J connectivity index is 0.000000582. The van der Waals surface area contributed by atoms with E-state index in [1.54, 1.807) is 12.1 Å². The molecule has 0 saturated carbocycles. The summed E-state index contributed by atoms with van der Waals surface area (Å²) in [5.74, 6) is 0.493. The molecule has 0 aromatic heterocycles. The van der Waals surface area contributed by atoms with Gasteiger partial charge in [-0.05, 0) is 39.1 Å². The number of rotatable bonds is 6. The highest BCUT2D eigenvalue weighted by molar-refractivity contribution is 6.31. The highest BCUT2D eigenvalue weighted by atomic mass is 35.5. The molecule has 9 nitrogen and oxygen atoms in total. The average Bonchev–Trinajstić information content (AvgIpc) is 3.38. The molecule has 0 radical (unpaired) electrons. The van der Waals surface area contributed by atoms with E-state index in [9.17, 15) is 9.18 Å². The molecule has 33 heavy (non-hydrogen) atoms. The monoisotopic (exact) mass is 487 g/mol. The summed E-state index contributed by atoms with van der Waals surface area (Å²) in [7, 11) is 3.77. The van der Waals surface area contributed by atoms with Gasteiger partial charge >= 0.3 is 0 Å². The molecule has 1 amide bonds. The third-order valence-corrected chi connectivity index (χ3v) is 6.65. The fourth-order valence-electron chi connectivity index (χ4n) is 5.16. The summed E-state index contributed by atoms with van der Waals surface area (Å²) in [4.78, 5) is 32.9. The molecule has 3 heterocycles. The average molecular weight is 488 g/mol. The third-order valence-electron chi connectivity index (χ3n) is 6.29. The Labute approximate surface area is 197 Å². The minimum absolute atomic E-state index is 0.0461. The lowest BCUT2D eigenvalue weighted by molar-refractivity contribution is -0.123. The van der Waals surface area contributed by atoms with E-state index in [2.05, 4.69) is 10.2 Å². The number of benzene rings is 1. The van der Waals surface area contributed by atoms with Gasteiger partial charge in [0.15, 0.2) is 0 Å². The fourth-order valence-corrected chi connectivity index (χ4v) is 5.38. The van der Waals surface area contributed by atoms with E-state index in [4.69, 9.17) is 36.1 Å². The summed E-state index contributed by atoms with van der Waals surface area (Å²) in [6.07, 6.45) is 2.32. The van der Waals surface area contributed by atoms with E-state index < -0.39 is 0 Å². The van der Waals surface area contributed by atoms with E-state index in [0.29, 0.717) is 42.1 Å². The molecule has 1 spiro atoms. The molecule has 1 aromatic carbocycles. The predicted molar refractivity (Wildman–Crippen MR) is 119 cm³/mol. The maximum absolute atomic E-state index is 14.2. The van der Waals surface area contributed by atoms with Crippen LogP contribution >= 0.6 is 11.6 Å². The number of carbonyl (C=O) groups is 3. The Kier molecular flexibility index (Phi) is 10.0. The number of ether oxygens (including phenoxy) is 1. The maximum atomic E-state index is 14.2. The summed E-state index contributed by atoms with van der Waals surface area (Å²) in [5, 5.41) is 17.3. The number of nitrogens with one attached hydrogen (secondary N) is 1. The molecule has 11 heteroatoms. The second-order valence-corrected chi connectivity index (χ2v) is 9.06. The van der Waals surface area contributed by atoms with Gasteiger partial charge < -0.3 is 25.2 Å². The third kappa shape index (κ3) is 6.63. The Bertz CT molecular complexity index is 803. The summed E-state index contributed by atoms with van der Waals surface area (Å²) >= 11 is 6.21. The SMILES string of the molecule is CN(C)CC(=O)NC[C@H]1[C@H]2CN(Cc3c(F)cccc3Cl)C[C@]23CC[C@H]1O3.O=CO.O=CO. The molecule has 3 saturated heterocycles. The van der Waals surface area contributed by atoms with Gasteiger partial charge in [-0.25, -0.2) is 4.39 Å². The van der Waals surface area contributed by atoms with Gasteiger partial charge in [-0.3, -0.25) is 19.3 Å². The van der Waals surface area contributed by atoms with Gasteiger partial charge in [0.05, 0.1) is 18.2 Å². The zero-order valence-electron chi connectivity index (χ0n) is 18.7. The van der Waals surface area contributed by atoms with Gasteiger partial charge in [-0.15, -0.1) is 0 Å². The summed E-state index contributed by atoms with van der Waals surface area (Å²) in [6.45, 7) is 2.71. The molecule has 0 aliphatic carbocycles. The second-order valence-electron chi connectivity index (χ2n) is 8.65. The molecule has 3 fully saturated rings. The fraction of sp³-hybridized carbons (Fsp3) is 0.591. The molecular formula is C22H31ClFN3O6. The normalized spacial score (nSPS) is 27.1. The lowest BCUT2D eigenvalue weighted by Crippen LogP contribution is -2.43. The van der Waals surface area contributed by atoms with Gasteiger partial charge in [-0.1, -0.05) is 17.7 Å². The van der Waals surface area contributed by atoms with Crippen LogP contribution in [0.25, 0.3) is 0 Å². The van der Waals surface area contributed by atoms with Crippen LogP contribution in [0, 0.1) is 17.7 Å². The molecule has 4 rings (SSSR count). The van der Waals surface area contributed by atoms with Crippen LogP contribution in [0.1, 0.15) is 18.4 Å². The van der Waals surface area contributed by atoms with Crippen molar-refractivity contribution < 1.29 is 33.7 Å². The number of hydrogen-bond acceptors (Lipinski definition) is 6. The quantitative estimate of drug-likeness (QED) is 0.517. The van der Waals surface area contributed by atoms with Crippen LogP contribution in [0.3, 0.4) is 0 Å². The number of amides is 1. The van der Waals surface area contributed by atoms with E-state index in [0.717, 1.165) is 25.9 Å². The summed E-state index contributed by atoms with van der Waals surface area (Å²) in [5.41, 5.74) is 0.417. The molecule has 4 atom stereocenters. The number of likely N-dealkylation sites (tertiary alicyclic amines) is 1. The smallest absolute Gasteiger partial charge is 0.290 e. The van der Waals surface area contributed by atoms with Crippen molar-refractivity contribution in [3.63, 3.8) is 0 Å². The van der Waals surface area contributed by atoms with E-state index >= 15 is 0 Å². The minimum atomic E-state index is -0.255. The van der Waals surface area contributed by atoms with Crippen molar-refractivity contribution in [3.8, 4) is 0 Å². The number of halogens is 2. The first kappa shape index (κ1) is 27.0. The first-order chi connectivity index (χ1) is 15.7. The van der Waals surface area contributed by atoms with Crippen LogP contribution in [-0.4, -0.2) is 90.8 Å². The summed E-state index contributed by atoms with van der Waals surface area (Å²) in [6, 6.07) is 4.83. The highest BCUT2D eigenvalue weighted by Gasteiger charge is 2.62. The molecule has 1 aromatic rings. The minimum Gasteiger partial charge on any atom is -0.483 e. The van der Waals surface area contributed by atoms with Crippen LogP contribution in [0.15, 0.2) is 18.2 Å². The van der Waals surface area contributed by atoms with Crippen LogP contribution in [0.2, 0.25) is 5.02 Å². The Morgan fingerprint density at radius 3 is 2.64 bits per heavy atom. The summed E-state index contributed by atoms with van der Waals surface area (Å²) < 4.78 is 20.6. The van der Waals surface area contributed by atoms with Gasteiger partial charge in [0, 0.05) is 48.6 Å². The van der Waals surface area contributed by atoms with Crippen molar-refractivity contribution in [1.82, 2.24) is 15.1 Å². The standard InChI is InChI=1S/C20H27ClFN3O2.2CH2O2/c1-24(2)11-19(26)23-8-13-15-10-25(12-20(15)7-6-18(13)27-20)9-14-16(21)4-3-5-17(14)22;2*2-1-3/h3-5,13,15,18H,6-12H2,1-2H3,(H,23,26);2*1H,(H,2,3)/t13-,15+,18+,20+;;/m0../s1. The van der Waals surface area contributed by atoms with E-state index in [1.165, 1.54) is 6.07 Å². The highest BCUT2D eigenvalue weighted by Crippen LogP contribution is 2.54. The molecule has 2 bridgehead atoms. The number of carboxylic acid groups (broad SMARTS) is 2. The van der Waals surface area contributed by atoms with Crippen LogP contribution in [0.4, 0.5) is 4.39 Å². The van der Waals surface area contributed by atoms with Crippen molar-refractivity contribution >= 4 is 30.5 Å². The van der Waals surface area contributed by atoms with Crippen LogP contribution in [-0.2, 0) is 25.7 Å². The van der Waals surface area contributed by atoms with Gasteiger partial charge in [-0.2, -0.15) is 0 Å². The molecular weight excluding hydrogens is 457 g/mol. The Morgan fingerprint density at radius 1 is 1.36 bits per heavy atom. The van der Waals surface area contributed by atoms with Crippen LogP contribution < -0.4 is 5.32 Å². The van der Waals surface area contributed by atoms with Crippen molar-refractivity contribution in [2.24, 2.45) is 11.8 Å². The lowest BCUT2D eigenvalue weighted by atomic mass is 9.73. The number of nitrogens with zero attached hydrogens (tertiary/aromatic N) is 2. The van der Waals surface area contributed by atoms with E-state index in [1.807, 2.05) is 19.0 Å². The second kappa shape index (κ2) is 12.3. The Morgan fingerprint density at radius 2 is 2.03 bits per heavy atom. The number of hydrogen-bond donors (Lipinski definition) is 3. The lowest BCUT2D eigenvalue weighted by Gasteiger charge is -2.29. The molecule has 184 valence electrons. The predicted octanol–water partition coefficient (Wildman–Crippen LogP) is 1.54. The molecule has 3 N–H and O–H groups in total. The van der Waals surface area contributed by atoms with Gasteiger partial charge in [0.1, 0.15) is 5.82 Å². The number of likely N-dealkylation sites (N-methyl/N-ethyl adjacent to an activating group) is 1.